The maximum Gasteiger partial charge on any atom is 0.220 e. The minimum Gasteiger partial charge on any atom is -0.369 e. The lowest BCUT2D eigenvalue weighted by atomic mass is 9.87. The number of hydrogen-bond donors (Lipinski definition) is 2. The summed E-state index contributed by atoms with van der Waals surface area (Å²) in [5.41, 5.74) is 13.6. The predicted octanol–water partition coefficient (Wildman–Crippen LogP) is 3.52. The van der Waals surface area contributed by atoms with Crippen LogP contribution >= 0.6 is 27.5 Å². The van der Waals surface area contributed by atoms with Gasteiger partial charge in [-0.2, -0.15) is 4.99 Å². The van der Waals surface area contributed by atoms with Gasteiger partial charge < -0.3 is 11.5 Å². The van der Waals surface area contributed by atoms with E-state index in [1.807, 2.05) is 24.0 Å². The molecule has 0 radical (unpaired) electrons. The number of rotatable bonds is 1. The third kappa shape index (κ3) is 2.48. The van der Waals surface area contributed by atoms with Gasteiger partial charge in [-0.25, -0.2) is 4.99 Å². The van der Waals surface area contributed by atoms with Crippen molar-refractivity contribution in [1.29, 1.82) is 0 Å². The molecule has 0 unspecified atom stereocenters. The van der Waals surface area contributed by atoms with Crippen LogP contribution in [0.2, 0.25) is 5.02 Å². The predicted molar refractivity (Wildman–Crippen MR) is 95.4 cm³/mol. The van der Waals surface area contributed by atoms with E-state index in [1.54, 1.807) is 0 Å². The molecule has 7 heteroatoms. The molecule has 1 heterocycles. The van der Waals surface area contributed by atoms with Gasteiger partial charge in [0.25, 0.3) is 0 Å². The summed E-state index contributed by atoms with van der Waals surface area (Å²) in [4.78, 5) is 10.9. The molecular formula is C15H19BrClN5. The molecule has 1 fully saturated rings. The SMILES string of the molecule is Cc1c(N2C(N)=NC(N)=NC23CCCCC3)ccc(Br)c1Cl. The van der Waals surface area contributed by atoms with Crippen molar-refractivity contribution in [3.63, 3.8) is 0 Å². The van der Waals surface area contributed by atoms with Crippen molar-refractivity contribution in [3.05, 3.63) is 27.2 Å². The second kappa shape index (κ2) is 5.74. The van der Waals surface area contributed by atoms with E-state index in [0.29, 0.717) is 11.0 Å². The molecule has 0 atom stereocenters. The largest absolute Gasteiger partial charge is 0.369 e. The molecule has 0 aromatic heterocycles. The normalized spacial score (nSPS) is 20.8. The van der Waals surface area contributed by atoms with Crippen molar-refractivity contribution in [2.75, 3.05) is 4.90 Å². The molecule has 0 amide bonds. The van der Waals surface area contributed by atoms with Crippen LogP contribution in [0.15, 0.2) is 26.6 Å². The molecule has 1 saturated carbocycles. The van der Waals surface area contributed by atoms with E-state index < -0.39 is 5.66 Å². The van der Waals surface area contributed by atoms with Crippen LogP contribution < -0.4 is 16.4 Å². The minimum atomic E-state index is -0.434. The van der Waals surface area contributed by atoms with Crippen LogP contribution in [-0.2, 0) is 0 Å². The third-order valence-corrected chi connectivity index (χ3v) is 5.78. The molecule has 1 aliphatic carbocycles. The van der Waals surface area contributed by atoms with Crippen LogP contribution in [-0.4, -0.2) is 17.6 Å². The Morgan fingerprint density at radius 3 is 2.59 bits per heavy atom. The van der Waals surface area contributed by atoms with Crippen LogP contribution in [0.3, 0.4) is 0 Å². The molecular weight excluding hydrogens is 366 g/mol. The van der Waals surface area contributed by atoms with Gasteiger partial charge in [0.05, 0.1) is 10.7 Å². The number of hydrogen-bond acceptors (Lipinski definition) is 5. The lowest BCUT2D eigenvalue weighted by Gasteiger charge is -2.46. The molecule has 0 saturated heterocycles. The Morgan fingerprint density at radius 1 is 1.23 bits per heavy atom. The van der Waals surface area contributed by atoms with Crippen LogP contribution in [0.5, 0.6) is 0 Å². The number of nitrogens with zero attached hydrogens (tertiary/aromatic N) is 3. The summed E-state index contributed by atoms with van der Waals surface area (Å²) in [6, 6.07) is 3.93. The molecule has 1 aromatic carbocycles. The van der Waals surface area contributed by atoms with Crippen molar-refractivity contribution < 1.29 is 0 Å². The van der Waals surface area contributed by atoms with Gasteiger partial charge in [-0.3, -0.25) is 4.90 Å². The smallest absolute Gasteiger partial charge is 0.220 e. The van der Waals surface area contributed by atoms with Gasteiger partial charge in [0.2, 0.25) is 11.9 Å². The summed E-state index contributed by atoms with van der Waals surface area (Å²) in [6.45, 7) is 1.98. The quantitative estimate of drug-likeness (QED) is 0.777. The third-order valence-electron chi connectivity index (χ3n) is 4.40. The van der Waals surface area contributed by atoms with Crippen molar-refractivity contribution in [1.82, 2.24) is 0 Å². The highest BCUT2D eigenvalue weighted by molar-refractivity contribution is 9.10. The van der Waals surface area contributed by atoms with E-state index in [1.165, 1.54) is 6.42 Å². The Labute approximate surface area is 143 Å². The zero-order valence-electron chi connectivity index (χ0n) is 12.4. The van der Waals surface area contributed by atoms with Crippen LogP contribution in [0, 0.1) is 6.92 Å². The van der Waals surface area contributed by atoms with Crippen LogP contribution in [0.4, 0.5) is 5.69 Å². The number of benzene rings is 1. The summed E-state index contributed by atoms with van der Waals surface area (Å²) in [6.07, 6.45) is 5.24. The maximum absolute atomic E-state index is 6.39. The Kier molecular flexibility index (Phi) is 4.07. The molecule has 3 rings (SSSR count). The lowest BCUT2D eigenvalue weighted by Crippen LogP contribution is -2.58. The van der Waals surface area contributed by atoms with Crippen molar-refractivity contribution in [2.45, 2.75) is 44.7 Å². The van der Waals surface area contributed by atoms with Gasteiger partial charge in [0.15, 0.2) is 0 Å². The summed E-state index contributed by atoms with van der Waals surface area (Å²) in [7, 11) is 0. The van der Waals surface area contributed by atoms with E-state index in [0.717, 1.165) is 41.4 Å². The first-order valence-electron chi connectivity index (χ1n) is 7.39. The first-order valence-corrected chi connectivity index (χ1v) is 8.56. The van der Waals surface area contributed by atoms with Gasteiger partial charge in [0, 0.05) is 4.47 Å². The second-order valence-electron chi connectivity index (χ2n) is 5.82. The number of guanidine groups is 2. The van der Waals surface area contributed by atoms with E-state index in [2.05, 4.69) is 25.9 Å². The molecule has 1 aromatic rings. The fourth-order valence-corrected chi connectivity index (χ4v) is 3.94. The number of aliphatic imine (C=N–C) groups is 2. The first-order chi connectivity index (χ1) is 10.4. The highest BCUT2D eigenvalue weighted by atomic mass is 79.9. The summed E-state index contributed by atoms with van der Waals surface area (Å²) in [5.74, 6) is 0.646. The molecule has 1 aliphatic heterocycles. The van der Waals surface area contributed by atoms with Gasteiger partial charge in [-0.1, -0.05) is 18.0 Å². The van der Waals surface area contributed by atoms with Crippen LogP contribution in [0.25, 0.3) is 0 Å². The fraction of sp³-hybridized carbons (Fsp3) is 0.467. The van der Waals surface area contributed by atoms with Gasteiger partial charge >= 0.3 is 0 Å². The Hall–Kier alpha value is -1.27. The lowest BCUT2D eigenvalue weighted by molar-refractivity contribution is 0.305. The zero-order valence-corrected chi connectivity index (χ0v) is 14.8. The standard InChI is InChI=1S/C15H19BrClN5/c1-9-11(6-5-10(16)12(9)17)22-14(19)20-13(18)21-15(22)7-3-2-4-8-15/h5-6H,2-4,7-8H2,1H3,(H4,18,19,20,21). The number of halogens is 2. The van der Waals surface area contributed by atoms with E-state index in [9.17, 15) is 0 Å². The highest BCUT2D eigenvalue weighted by Gasteiger charge is 2.43. The minimum absolute atomic E-state index is 0.261. The zero-order chi connectivity index (χ0) is 15.9. The average Bonchev–Trinajstić information content (AvgIpc) is 2.47. The van der Waals surface area contributed by atoms with Gasteiger partial charge in [-0.05, 0) is 66.2 Å². The Balaban J connectivity index is 2.14. The second-order valence-corrected chi connectivity index (χ2v) is 7.06. The highest BCUT2D eigenvalue weighted by Crippen LogP contribution is 2.42. The monoisotopic (exact) mass is 383 g/mol. The molecule has 0 bridgehead atoms. The topological polar surface area (TPSA) is 80.0 Å². The summed E-state index contributed by atoms with van der Waals surface area (Å²) in [5, 5.41) is 0.679. The maximum atomic E-state index is 6.39. The Morgan fingerprint density at radius 2 is 1.91 bits per heavy atom. The summed E-state index contributed by atoms with van der Waals surface area (Å²) >= 11 is 9.85. The van der Waals surface area contributed by atoms with Crippen molar-refractivity contribution >= 4 is 45.1 Å². The number of nitrogens with two attached hydrogens (primary N) is 2. The molecule has 2 aliphatic rings. The average molecular weight is 385 g/mol. The molecule has 5 nitrogen and oxygen atoms in total. The molecule has 118 valence electrons. The van der Waals surface area contributed by atoms with E-state index in [4.69, 9.17) is 23.1 Å². The molecule has 1 spiro atoms. The van der Waals surface area contributed by atoms with Crippen molar-refractivity contribution in [2.24, 2.45) is 21.5 Å². The number of anilines is 1. The summed E-state index contributed by atoms with van der Waals surface area (Å²) < 4.78 is 0.864. The fourth-order valence-electron chi connectivity index (χ4n) is 3.35. The van der Waals surface area contributed by atoms with Gasteiger partial charge in [0.1, 0.15) is 5.66 Å². The van der Waals surface area contributed by atoms with E-state index >= 15 is 0 Å². The molecule has 4 N–H and O–H groups in total. The van der Waals surface area contributed by atoms with Crippen molar-refractivity contribution in [3.8, 4) is 0 Å². The van der Waals surface area contributed by atoms with Crippen LogP contribution in [0.1, 0.15) is 37.7 Å². The first kappa shape index (κ1) is 15.6. The van der Waals surface area contributed by atoms with E-state index in [-0.39, 0.29) is 5.96 Å². The Bertz CT molecular complexity index is 664. The van der Waals surface area contributed by atoms with Gasteiger partial charge in [-0.15, -0.1) is 0 Å². The molecule has 22 heavy (non-hydrogen) atoms.